The second-order valence-corrected chi connectivity index (χ2v) is 5.57. The predicted molar refractivity (Wildman–Crippen MR) is 99.4 cm³/mol. The number of esters is 2. The SMILES string of the molecule is CCOC(=O)c1cc(NC(=O)c2ccccc2OC(F)F)cc(C(=O)OCC)c1. The molecule has 2 rings (SSSR count). The first kappa shape index (κ1) is 21.8. The molecule has 1 N–H and O–H groups in total. The molecule has 29 heavy (non-hydrogen) atoms. The van der Waals surface area contributed by atoms with Crippen molar-refractivity contribution >= 4 is 23.5 Å². The Labute approximate surface area is 165 Å². The van der Waals surface area contributed by atoms with Crippen LogP contribution in [0.3, 0.4) is 0 Å². The Morgan fingerprint density at radius 3 is 2.00 bits per heavy atom. The van der Waals surface area contributed by atoms with Crippen LogP contribution in [0.1, 0.15) is 44.9 Å². The van der Waals surface area contributed by atoms with Crippen molar-refractivity contribution in [3.05, 3.63) is 59.2 Å². The lowest BCUT2D eigenvalue weighted by molar-refractivity contribution is -0.0501. The minimum absolute atomic E-state index is 0.0184. The van der Waals surface area contributed by atoms with Gasteiger partial charge in [-0.2, -0.15) is 8.78 Å². The van der Waals surface area contributed by atoms with Crippen LogP contribution in [0.4, 0.5) is 14.5 Å². The van der Waals surface area contributed by atoms with Crippen LogP contribution in [0.25, 0.3) is 0 Å². The van der Waals surface area contributed by atoms with E-state index in [-0.39, 0.29) is 41.3 Å². The molecule has 7 nitrogen and oxygen atoms in total. The molecule has 2 aromatic rings. The Hall–Kier alpha value is -3.49. The van der Waals surface area contributed by atoms with Crippen LogP contribution < -0.4 is 10.1 Å². The number of anilines is 1. The lowest BCUT2D eigenvalue weighted by atomic mass is 10.1. The maximum Gasteiger partial charge on any atom is 0.387 e. The topological polar surface area (TPSA) is 90.9 Å². The van der Waals surface area contributed by atoms with Gasteiger partial charge in [-0.05, 0) is 44.2 Å². The molecule has 0 aliphatic carbocycles. The summed E-state index contributed by atoms with van der Waals surface area (Å²) in [5, 5.41) is 2.47. The second kappa shape index (κ2) is 10.2. The Morgan fingerprint density at radius 1 is 0.931 bits per heavy atom. The highest BCUT2D eigenvalue weighted by Gasteiger charge is 2.19. The van der Waals surface area contributed by atoms with Crippen molar-refractivity contribution in [1.82, 2.24) is 0 Å². The van der Waals surface area contributed by atoms with E-state index in [4.69, 9.17) is 9.47 Å². The van der Waals surface area contributed by atoms with E-state index in [0.717, 1.165) is 0 Å². The van der Waals surface area contributed by atoms with Crippen LogP contribution in [-0.4, -0.2) is 37.7 Å². The third kappa shape index (κ3) is 6.00. The fraction of sp³-hybridized carbons (Fsp3) is 0.250. The minimum atomic E-state index is -3.11. The van der Waals surface area contributed by atoms with E-state index in [9.17, 15) is 23.2 Å². The fourth-order valence-electron chi connectivity index (χ4n) is 2.42. The quantitative estimate of drug-likeness (QED) is 0.668. The van der Waals surface area contributed by atoms with Crippen LogP contribution >= 0.6 is 0 Å². The highest BCUT2D eigenvalue weighted by Crippen LogP contribution is 2.23. The van der Waals surface area contributed by atoms with E-state index in [1.165, 1.54) is 42.5 Å². The molecular formula is C20H19F2NO6. The molecular weight excluding hydrogens is 388 g/mol. The smallest absolute Gasteiger partial charge is 0.387 e. The van der Waals surface area contributed by atoms with E-state index >= 15 is 0 Å². The number of nitrogens with one attached hydrogen (secondary N) is 1. The lowest BCUT2D eigenvalue weighted by Crippen LogP contribution is -2.16. The predicted octanol–water partition coefficient (Wildman–Crippen LogP) is 3.89. The number of rotatable bonds is 8. The number of ether oxygens (including phenoxy) is 3. The summed E-state index contributed by atoms with van der Waals surface area (Å²) in [4.78, 5) is 36.7. The molecule has 154 valence electrons. The molecule has 0 aliphatic rings. The average Bonchev–Trinajstić information content (AvgIpc) is 2.68. The third-order valence-electron chi connectivity index (χ3n) is 3.56. The van der Waals surface area contributed by atoms with Gasteiger partial charge < -0.3 is 19.5 Å². The van der Waals surface area contributed by atoms with Gasteiger partial charge in [0.15, 0.2) is 0 Å². The number of hydrogen-bond acceptors (Lipinski definition) is 6. The van der Waals surface area contributed by atoms with Crippen molar-refractivity contribution in [2.24, 2.45) is 0 Å². The number of carbonyl (C=O) groups is 3. The molecule has 2 aromatic carbocycles. The number of alkyl halides is 2. The van der Waals surface area contributed by atoms with Gasteiger partial charge in [0.2, 0.25) is 0 Å². The summed E-state index contributed by atoms with van der Waals surface area (Å²) >= 11 is 0. The summed E-state index contributed by atoms with van der Waals surface area (Å²) in [6, 6.07) is 9.32. The van der Waals surface area contributed by atoms with Gasteiger partial charge in [0.1, 0.15) is 5.75 Å². The molecule has 0 atom stereocenters. The second-order valence-electron chi connectivity index (χ2n) is 5.57. The molecule has 0 aromatic heterocycles. The third-order valence-corrected chi connectivity index (χ3v) is 3.56. The van der Waals surface area contributed by atoms with Crippen molar-refractivity contribution in [2.75, 3.05) is 18.5 Å². The van der Waals surface area contributed by atoms with Crippen molar-refractivity contribution in [3.8, 4) is 5.75 Å². The Morgan fingerprint density at radius 2 is 1.48 bits per heavy atom. The summed E-state index contributed by atoms with van der Waals surface area (Å²) in [6.45, 7) is 0.364. The highest BCUT2D eigenvalue weighted by atomic mass is 19.3. The Bertz CT molecular complexity index is 864. The maximum absolute atomic E-state index is 12.6. The largest absolute Gasteiger partial charge is 0.462 e. The number of halogens is 2. The highest BCUT2D eigenvalue weighted by molar-refractivity contribution is 6.07. The van der Waals surface area contributed by atoms with Gasteiger partial charge in [-0.3, -0.25) is 4.79 Å². The summed E-state index contributed by atoms with van der Waals surface area (Å²) < 4.78 is 39.3. The number of carbonyl (C=O) groups excluding carboxylic acids is 3. The minimum Gasteiger partial charge on any atom is -0.462 e. The van der Waals surface area contributed by atoms with E-state index in [2.05, 4.69) is 10.1 Å². The normalized spacial score (nSPS) is 10.4. The van der Waals surface area contributed by atoms with Gasteiger partial charge in [-0.15, -0.1) is 0 Å². The zero-order valence-electron chi connectivity index (χ0n) is 15.7. The summed E-state index contributed by atoms with van der Waals surface area (Å²) in [5.74, 6) is -2.48. The molecule has 0 unspecified atom stereocenters. The first-order valence-electron chi connectivity index (χ1n) is 8.70. The molecule has 0 spiro atoms. The zero-order chi connectivity index (χ0) is 21.4. The average molecular weight is 407 g/mol. The van der Waals surface area contributed by atoms with Crippen LogP contribution in [0, 0.1) is 0 Å². The molecule has 0 aliphatic heterocycles. The van der Waals surface area contributed by atoms with Crippen molar-refractivity contribution < 1.29 is 37.4 Å². The summed E-state index contributed by atoms with van der Waals surface area (Å²) in [6.07, 6.45) is 0. The van der Waals surface area contributed by atoms with Crippen LogP contribution in [0.15, 0.2) is 42.5 Å². The first-order chi connectivity index (χ1) is 13.8. The number of amides is 1. The fourth-order valence-corrected chi connectivity index (χ4v) is 2.42. The molecule has 0 bridgehead atoms. The summed E-state index contributed by atoms with van der Waals surface area (Å²) in [7, 11) is 0. The van der Waals surface area contributed by atoms with E-state index in [1.807, 2.05) is 0 Å². The van der Waals surface area contributed by atoms with Crippen LogP contribution in [0.5, 0.6) is 5.75 Å². The standard InChI is InChI=1S/C20H19F2NO6/c1-3-27-18(25)12-9-13(19(26)28-4-2)11-14(10-12)23-17(24)15-7-5-6-8-16(15)29-20(21)22/h5-11,20H,3-4H2,1-2H3,(H,23,24). The van der Waals surface area contributed by atoms with E-state index < -0.39 is 24.5 Å². The molecule has 0 radical (unpaired) electrons. The zero-order valence-corrected chi connectivity index (χ0v) is 15.7. The van der Waals surface area contributed by atoms with Gasteiger partial charge in [-0.1, -0.05) is 12.1 Å². The van der Waals surface area contributed by atoms with E-state index in [1.54, 1.807) is 13.8 Å². The van der Waals surface area contributed by atoms with Gasteiger partial charge in [0.05, 0.1) is 29.9 Å². The monoisotopic (exact) mass is 407 g/mol. The number of para-hydroxylation sites is 1. The van der Waals surface area contributed by atoms with Gasteiger partial charge in [0.25, 0.3) is 5.91 Å². The first-order valence-corrected chi connectivity index (χ1v) is 8.70. The van der Waals surface area contributed by atoms with Gasteiger partial charge in [0, 0.05) is 5.69 Å². The molecule has 0 heterocycles. The lowest BCUT2D eigenvalue weighted by Gasteiger charge is -2.13. The number of hydrogen-bond donors (Lipinski definition) is 1. The van der Waals surface area contributed by atoms with Crippen LogP contribution in [0.2, 0.25) is 0 Å². The molecule has 1 amide bonds. The van der Waals surface area contributed by atoms with E-state index in [0.29, 0.717) is 0 Å². The molecule has 0 fully saturated rings. The Balaban J connectivity index is 2.37. The van der Waals surface area contributed by atoms with Gasteiger partial charge >= 0.3 is 18.6 Å². The van der Waals surface area contributed by atoms with Crippen molar-refractivity contribution in [3.63, 3.8) is 0 Å². The molecule has 9 heteroatoms. The molecule has 0 saturated heterocycles. The summed E-state index contributed by atoms with van der Waals surface area (Å²) in [5.41, 5.74) is -0.0304. The van der Waals surface area contributed by atoms with Crippen LogP contribution in [-0.2, 0) is 9.47 Å². The molecule has 0 saturated carbocycles. The van der Waals surface area contributed by atoms with Crippen molar-refractivity contribution in [2.45, 2.75) is 20.5 Å². The van der Waals surface area contributed by atoms with Gasteiger partial charge in [-0.25, -0.2) is 9.59 Å². The van der Waals surface area contributed by atoms with Crippen molar-refractivity contribution in [1.29, 1.82) is 0 Å². The maximum atomic E-state index is 12.6. The Kier molecular flexibility index (Phi) is 7.64. The number of benzene rings is 2.